The first kappa shape index (κ1) is 17.5. The number of fused-ring (bicyclic) bond motifs is 1. The number of nitrogens with one attached hydrogen (secondary N) is 1. The summed E-state index contributed by atoms with van der Waals surface area (Å²) in [5, 5.41) is 0. The summed E-state index contributed by atoms with van der Waals surface area (Å²) in [5.41, 5.74) is 0. The lowest BCUT2D eigenvalue weighted by atomic mass is 9.75. The Morgan fingerprint density at radius 3 is 2.48 bits per heavy atom. The number of sulfonamides is 1. The largest absolute Gasteiger partial charge is 0.300 e. The fraction of sp³-hybridized carbons (Fsp3) is 0.700. The molecule has 0 spiro atoms. The standard InChI is InChI=1S/C20H30N2O2S/c23-25(24,20-8-2-1-3-9-20)21-18-10-11-19(14-18)22-13-12-16-6-4-5-7-17(16)15-22/h1-3,8-9,16-19,21H,4-7,10-15H2. The van der Waals surface area contributed by atoms with Crippen molar-refractivity contribution in [3.8, 4) is 0 Å². The second-order valence-corrected chi connectivity index (χ2v) is 9.90. The van der Waals surface area contributed by atoms with Crippen molar-refractivity contribution in [2.24, 2.45) is 11.8 Å². The van der Waals surface area contributed by atoms with E-state index in [4.69, 9.17) is 0 Å². The highest BCUT2D eigenvalue weighted by Gasteiger charge is 2.37. The van der Waals surface area contributed by atoms with Gasteiger partial charge in [0.1, 0.15) is 0 Å². The zero-order valence-electron chi connectivity index (χ0n) is 14.9. The van der Waals surface area contributed by atoms with Crippen LogP contribution in [0.25, 0.3) is 0 Å². The van der Waals surface area contributed by atoms with Crippen LogP contribution in [0.3, 0.4) is 0 Å². The Hall–Kier alpha value is -0.910. The zero-order chi connectivity index (χ0) is 17.3. The van der Waals surface area contributed by atoms with E-state index in [2.05, 4.69) is 9.62 Å². The van der Waals surface area contributed by atoms with Crippen LogP contribution in [0.15, 0.2) is 35.2 Å². The smallest absolute Gasteiger partial charge is 0.240 e. The molecule has 4 unspecified atom stereocenters. The third kappa shape index (κ3) is 3.93. The molecule has 5 heteroatoms. The van der Waals surface area contributed by atoms with Gasteiger partial charge in [-0.15, -0.1) is 0 Å². The van der Waals surface area contributed by atoms with Crippen molar-refractivity contribution in [1.29, 1.82) is 0 Å². The van der Waals surface area contributed by atoms with Gasteiger partial charge in [0.05, 0.1) is 4.90 Å². The monoisotopic (exact) mass is 362 g/mol. The van der Waals surface area contributed by atoms with Gasteiger partial charge in [-0.3, -0.25) is 0 Å². The summed E-state index contributed by atoms with van der Waals surface area (Å²) >= 11 is 0. The normalized spacial score (nSPS) is 33.9. The second kappa shape index (κ2) is 7.37. The Bertz CT molecular complexity index is 676. The van der Waals surface area contributed by atoms with Crippen molar-refractivity contribution in [2.75, 3.05) is 13.1 Å². The summed E-state index contributed by atoms with van der Waals surface area (Å²) in [6, 6.07) is 9.39. The molecule has 1 saturated heterocycles. The van der Waals surface area contributed by atoms with E-state index in [-0.39, 0.29) is 6.04 Å². The number of rotatable bonds is 4. The second-order valence-electron chi connectivity index (χ2n) is 8.19. The number of benzene rings is 1. The molecule has 0 amide bonds. The summed E-state index contributed by atoms with van der Waals surface area (Å²) in [4.78, 5) is 3.05. The van der Waals surface area contributed by atoms with Crippen molar-refractivity contribution in [2.45, 2.75) is 68.3 Å². The van der Waals surface area contributed by atoms with E-state index in [0.717, 1.165) is 31.1 Å². The van der Waals surface area contributed by atoms with Gasteiger partial charge in [-0.25, -0.2) is 13.1 Å². The first-order valence-corrected chi connectivity index (χ1v) is 11.4. The molecule has 138 valence electrons. The van der Waals surface area contributed by atoms with Crippen molar-refractivity contribution in [1.82, 2.24) is 9.62 Å². The van der Waals surface area contributed by atoms with Gasteiger partial charge in [0.15, 0.2) is 0 Å². The summed E-state index contributed by atoms with van der Waals surface area (Å²) in [6.45, 7) is 2.46. The van der Waals surface area contributed by atoms with Crippen LogP contribution in [0, 0.1) is 11.8 Å². The SMILES string of the molecule is O=S(=O)(NC1CCC(N2CCC3CCCCC3C2)C1)c1ccccc1. The van der Waals surface area contributed by atoms with E-state index in [1.165, 1.54) is 45.2 Å². The minimum Gasteiger partial charge on any atom is -0.300 e. The molecule has 4 nitrogen and oxygen atoms in total. The fourth-order valence-electron chi connectivity index (χ4n) is 5.24. The molecule has 1 N–H and O–H groups in total. The molecule has 3 aliphatic rings. The fourth-order valence-corrected chi connectivity index (χ4v) is 6.55. The Labute approximate surface area is 152 Å². The average Bonchev–Trinajstić information content (AvgIpc) is 3.10. The lowest BCUT2D eigenvalue weighted by Gasteiger charge is -2.43. The van der Waals surface area contributed by atoms with E-state index in [9.17, 15) is 8.42 Å². The van der Waals surface area contributed by atoms with Gasteiger partial charge in [-0.05, 0) is 62.6 Å². The minimum atomic E-state index is -3.39. The van der Waals surface area contributed by atoms with E-state index in [1.807, 2.05) is 6.07 Å². The molecule has 4 atom stereocenters. The molecule has 1 aliphatic heterocycles. The third-order valence-corrected chi connectivity index (χ3v) is 8.16. The molecular formula is C20H30N2O2S. The number of nitrogens with zero attached hydrogens (tertiary/aromatic N) is 1. The highest BCUT2D eigenvalue weighted by atomic mass is 32.2. The number of piperidine rings is 1. The highest BCUT2D eigenvalue weighted by molar-refractivity contribution is 7.89. The van der Waals surface area contributed by atoms with E-state index >= 15 is 0 Å². The molecule has 1 aromatic carbocycles. The Kier molecular flexibility index (Phi) is 5.16. The molecule has 2 aliphatic carbocycles. The maximum atomic E-state index is 12.5. The highest BCUT2D eigenvalue weighted by Crippen LogP contribution is 2.38. The Morgan fingerprint density at radius 2 is 1.68 bits per heavy atom. The van der Waals surface area contributed by atoms with Gasteiger partial charge < -0.3 is 4.90 Å². The zero-order valence-corrected chi connectivity index (χ0v) is 15.8. The molecule has 0 bridgehead atoms. The number of likely N-dealkylation sites (tertiary alicyclic amines) is 1. The quantitative estimate of drug-likeness (QED) is 0.893. The van der Waals surface area contributed by atoms with Crippen molar-refractivity contribution >= 4 is 10.0 Å². The molecule has 1 aromatic rings. The van der Waals surface area contributed by atoms with Crippen LogP contribution >= 0.6 is 0 Å². The molecule has 2 saturated carbocycles. The maximum Gasteiger partial charge on any atom is 0.240 e. The summed E-state index contributed by atoms with van der Waals surface area (Å²) in [7, 11) is -3.39. The third-order valence-electron chi connectivity index (χ3n) is 6.62. The van der Waals surface area contributed by atoms with Gasteiger partial charge in [0.2, 0.25) is 10.0 Å². The predicted octanol–water partition coefficient (Wildman–Crippen LogP) is 3.40. The molecule has 0 aromatic heterocycles. The van der Waals surface area contributed by atoms with Gasteiger partial charge in [-0.1, -0.05) is 37.5 Å². The average molecular weight is 363 g/mol. The van der Waals surface area contributed by atoms with E-state index < -0.39 is 10.0 Å². The molecule has 3 fully saturated rings. The topological polar surface area (TPSA) is 49.4 Å². The summed E-state index contributed by atoms with van der Waals surface area (Å²) < 4.78 is 28.0. The lowest BCUT2D eigenvalue weighted by molar-refractivity contribution is 0.0580. The Balaban J connectivity index is 1.34. The van der Waals surface area contributed by atoms with Gasteiger partial charge >= 0.3 is 0 Å². The van der Waals surface area contributed by atoms with Crippen LogP contribution in [-0.2, 0) is 10.0 Å². The first-order chi connectivity index (χ1) is 12.1. The van der Waals surface area contributed by atoms with Crippen molar-refractivity contribution < 1.29 is 8.42 Å². The maximum absolute atomic E-state index is 12.5. The van der Waals surface area contributed by atoms with Gasteiger partial charge in [0, 0.05) is 18.6 Å². The van der Waals surface area contributed by atoms with Crippen LogP contribution in [0.4, 0.5) is 0 Å². The van der Waals surface area contributed by atoms with Crippen molar-refractivity contribution in [3.05, 3.63) is 30.3 Å². The van der Waals surface area contributed by atoms with Crippen LogP contribution in [0.1, 0.15) is 51.4 Å². The van der Waals surface area contributed by atoms with Crippen LogP contribution in [-0.4, -0.2) is 38.5 Å². The van der Waals surface area contributed by atoms with Crippen molar-refractivity contribution in [3.63, 3.8) is 0 Å². The summed E-state index contributed by atoms with van der Waals surface area (Å²) in [5.74, 6) is 1.85. The summed E-state index contributed by atoms with van der Waals surface area (Å²) in [6.07, 6.45) is 10.1. The predicted molar refractivity (Wildman–Crippen MR) is 99.8 cm³/mol. The number of hydrogen-bond acceptors (Lipinski definition) is 3. The Morgan fingerprint density at radius 1 is 0.920 bits per heavy atom. The molecule has 4 rings (SSSR count). The lowest BCUT2D eigenvalue weighted by Crippen LogP contribution is -2.46. The number of hydrogen-bond donors (Lipinski definition) is 1. The van der Waals surface area contributed by atoms with Crippen LogP contribution in [0.5, 0.6) is 0 Å². The molecular weight excluding hydrogens is 332 g/mol. The van der Waals surface area contributed by atoms with E-state index in [0.29, 0.717) is 10.9 Å². The van der Waals surface area contributed by atoms with Gasteiger partial charge in [0.25, 0.3) is 0 Å². The van der Waals surface area contributed by atoms with Crippen LogP contribution < -0.4 is 4.72 Å². The van der Waals surface area contributed by atoms with E-state index in [1.54, 1.807) is 24.3 Å². The molecule has 1 heterocycles. The minimum absolute atomic E-state index is 0.0827. The first-order valence-electron chi connectivity index (χ1n) is 9.93. The molecule has 0 radical (unpaired) electrons. The molecule has 25 heavy (non-hydrogen) atoms. The van der Waals surface area contributed by atoms with Crippen LogP contribution in [0.2, 0.25) is 0 Å². The van der Waals surface area contributed by atoms with Gasteiger partial charge in [-0.2, -0.15) is 0 Å².